The van der Waals surface area contributed by atoms with E-state index < -0.39 is 6.09 Å². The Morgan fingerprint density at radius 1 is 1.23 bits per heavy atom. The van der Waals surface area contributed by atoms with Crippen LogP contribution in [0.2, 0.25) is 0 Å². The van der Waals surface area contributed by atoms with Crippen molar-refractivity contribution in [3.63, 3.8) is 0 Å². The van der Waals surface area contributed by atoms with Crippen LogP contribution in [0.25, 0.3) is 0 Å². The molecule has 2 aromatic heterocycles. The second-order valence-corrected chi connectivity index (χ2v) is 5.93. The fourth-order valence-corrected chi connectivity index (χ4v) is 2.38. The van der Waals surface area contributed by atoms with Crippen molar-refractivity contribution in [2.45, 2.75) is 13.0 Å². The number of tetrazole rings is 1. The van der Waals surface area contributed by atoms with Gasteiger partial charge in [0.25, 0.3) is 0 Å². The average molecular weight is 405 g/mol. The highest BCUT2D eigenvalue weighted by Gasteiger charge is 2.14. The fraction of sp³-hybridized carbons (Fsp3) is 0.200. The van der Waals surface area contributed by atoms with Crippen molar-refractivity contribution in [2.24, 2.45) is 12.2 Å². The van der Waals surface area contributed by atoms with E-state index in [1.165, 1.54) is 4.68 Å². The van der Waals surface area contributed by atoms with Crippen molar-refractivity contribution in [3.05, 3.63) is 65.6 Å². The first-order valence-electron chi connectivity index (χ1n) is 8.98. The van der Waals surface area contributed by atoms with E-state index in [9.17, 15) is 4.79 Å². The molecule has 0 spiro atoms. The van der Waals surface area contributed by atoms with Gasteiger partial charge in [-0.3, -0.25) is 5.32 Å². The summed E-state index contributed by atoms with van der Waals surface area (Å²) >= 11 is 0. The third-order valence-corrected chi connectivity index (χ3v) is 3.76. The Morgan fingerprint density at radius 2 is 2.07 bits per heavy atom. The van der Waals surface area contributed by atoms with Crippen molar-refractivity contribution in [1.29, 1.82) is 0 Å². The van der Waals surface area contributed by atoms with Gasteiger partial charge in [-0.05, 0) is 22.6 Å². The van der Waals surface area contributed by atoms with Gasteiger partial charge in [0.05, 0.1) is 5.69 Å². The molecule has 1 amide bonds. The summed E-state index contributed by atoms with van der Waals surface area (Å²) in [5.74, 6) is 3.17. The lowest BCUT2D eigenvalue weighted by atomic mass is 10.1. The maximum absolute atomic E-state index is 11.7. The summed E-state index contributed by atoms with van der Waals surface area (Å²) in [6.45, 7) is 0.211. The molecule has 152 valence electrons. The zero-order valence-corrected chi connectivity index (χ0v) is 16.2. The maximum Gasteiger partial charge on any atom is 0.412 e. The number of benzene rings is 1. The predicted molar refractivity (Wildman–Crippen MR) is 108 cm³/mol. The number of carbonyl (C=O) groups is 1. The molecule has 0 aliphatic rings. The molecule has 2 heterocycles. The van der Waals surface area contributed by atoms with Gasteiger partial charge in [0, 0.05) is 19.0 Å². The molecule has 1 N–H and O–H groups in total. The molecule has 0 unspecified atom stereocenters. The number of pyridine rings is 1. The third-order valence-electron chi connectivity index (χ3n) is 3.76. The van der Waals surface area contributed by atoms with Crippen LogP contribution in [0.15, 0.2) is 53.7 Å². The summed E-state index contributed by atoms with van der Waals surface area (Å²) in [7, 11) is 1.72. The summed E-state index contributed by atoms with van der Waals surface area (Å²) in [6.07, 6.45) is 4.84. The zero-order valence-electron chi connectivity index (χ0n) is 16.2. The molecular weight excluding hydrogens is 386 g/mol. The number of hydrogen-bond donors (Lipinski definition) is 1. The lowest BCUT2D eigenvalue weighted by Gasteiger charge is -2.08. The molecule has 0 radical (unpaired) electrons. The summed E-state index contributed by atoms with van der Waals surface area (Å²) in [5, 5.41) is 18.2. The smallest absolute Gasteiger partial charge is 0.412 e. The Morgan fingerprint density at radius 3 is 2.80 bits per heavy atom. The van der Waals surface area contributed by atoms with Gasteiger partial charge in [-0.2, -0.15) is 0 Å². The van der Waals surface area contributed by atoms with Crippen molar-refractivity contribution in [2.75, 3.05) is 11.9 Å². The lowest BCUT2D eigenvalue weighted by molar-refractivity contribution is 0.128. The largest absolute Gasteiger partial charge is 0.448 e. The van der Waals surface area contributed by atoms with Crippen LogP contribution in [0, 0.1) is 12.3 Å². The van der Waals surface area contributed by atoms with E-state index >= 15 is 0 Å². The molecule has 0 bridgehead atoms. The van der Waals surface area contributed by atoms with Crippen LogP contribution in [0.5, 0.6) is 0 Å². The number of nitrogens with zero attached hydrogens (tertiary/aromatic N) is 6. The molecular formula is C20H19N7O3. The number of carbonyl (C=O) groups excluding carboxylic acids is 1. The first-order valence-corrected chi connectivity index (χ1v) is 8.98. The van der Waals surface area contributed by atoms with E-state index in [4.69, 9.17) is 16.0 Å². The Hall–Kier alpha value is -4.26. The zero-order chi connectivity index (χ0) is 21.2. The topological polar surface area (TPSA) is 116 Å². The Kier molecular flexibility index (Phi) is 7.05. The maximum atomic E-state index is 11.7. The number of rotatable bonds is 8. The average Bonchev–Trinajstić information content (AvgIpc) is 3.18. The summed E-state index contributed by atoms with van der Waals surface area (Å²) in [5.41, 5.74) is 1.84. The van der Waals surface area contributed by atoms with E-state index in [1.807, 2.05) is 30.3 Å². The van der Waals surface area contributed by atoms with Gasteiger partial charge in [-0.1, -0.05) is 41.6 Å². The highest BCUT2D eigenvalue weighted by molar-refractivity contribution is 6.10. The van der Waals surface area contributed by atoms with Crippen LogP contribution in [-0.4, -0.2) is 43.6 Å². The molecule has 1 aromatic carbocycles. The Bertz CT molecular complexity index is 1060. The van der Waals surface area contributed by atoms with Crippen molar-refractivity contribution in [3.8, 4) is 12.3 Å². The molecule has 0 aliphatic heterocycles. The van der Waals surface area contributed by atoms with E-state index in [-0.39, 0.29) is 13.2 Å². The fourth-order valence-electron chi connectivity index (χ4n) is 2.38. The number of ether oxygens (including phenoxy) is 1. The van der Waals surface area contributed by atoms with Gasteiger partial charge in [0.1, 0.15) is 12.4 Å². The molecule has 0 fully saturated rings. The number of hydrogen-bond acceptors (Lipinski definition) is 8. The molecule has 0 saturated heterocycles. The minimum atomic E-state index is -0.630. The molecule has 0 saturated carbocycles. The monoisotopic (exact) mass is 405 g/mol. The van der Waals surface area contributed by atoms with Crippen LogP contribution in [0.4, 0.5) is 10.6 Å². The van der Waals surface area contributed by atoms with Crippen LogP contribution in [0.1, 0.15) is 23.5 Å². The highest BCUT2D eigenvalue weighted by Crippen LogP contribution is 2.10. The lowest BCUT2D eigenvalue weighted by Crippen LogP contribution is -2.15. The number of anilines is 1. The van der Waals surface area contributed by atoms with Crippen molar-refractivity contribution >= 4 is 17.6 Å². The minimum Gasteiger partial charge on any atom is -0.448 e. The number of terminal acetylenes is 1. The Labute approximate surface area is 172 Å². The molecule has 3 aromatic rings. The number of nitrogens with one attached hydrogen (secondary N) is 1. The second-order valence-electron chi connectivity index (χ2n) is 5.93. The number of amides is 1. The van der Waals surface area contributed by atoms with Gasteiger partial charge < -0.3 is 9.57 Å². The van der Waals surface area contributed by atoms with E-state index in [1.54, 1.807) is 25.2 Å². The van der Waals surface area contributed by atoms with E-state index in [0.717, 1.165) is 5.56 Å². The molecule has 3 rings (SSSR count). The first kappa shape index (κ1) is 20.5. The number of aromatic nitrogens is 5. The number of aryl methyl sites for hydroxylation is 1. The second kappa shape index (κ2) is 10.3. The molecule has 30 heavy (non-hydrogen) atoms. The minimum absolute atomic E-state index is 0.0727. The molecule has 0 atom stereocenters. The van der Waals surface area contributed by atoms with Crippen molar-refractivity contribution in [1.82, 2.24) is 25.2 Å². The van der Waals surface area contributed by atoms with Crippen LogP contribution >= 0.6 is 0 Å². The van der Waals surface area contributed by atoms with Crippen LogP contribution in [-0.2, 0) is 23.2 Å². The quantitative estimate of drug-likeness (QED) is 0.264. The standard InChI is InChI=1S/C20H19N7O3/c1-3-4-13-29-20(28)22-17-12-8-11-16(21-17)14-30-24-18(15-9-6-5-7-10-15)19-23-25-26-27(19)2/h1,5-12H,4,13-14H2,2H3,(H,21,22,28). The summed E-state index contributed by atoms with van der Waals surface area (Å²) in [6, 6.07) is 14.5. The van der Waals surface area contributed by atoms with Gasteiger partial charge in [-0.15, -0.1) is 17.4 Å². The van der Waals surface area contributed by atoms with Gasteiger partial charge in [0.2, 0.25) is 5.82 Å². The highest BCUT2D eigenvalue weighted by atomic mass is 16.6. The molecule has 10 heteroatoms. The van der Waals surface area contributed by atoms with Gasteiger partial charge >= 0.3 is 6.09 Å². The molecule has 10 nitrogen and oxygen atoms in total. The number of oxime groups is 1. The van der Waals surface area contributed by atoms with Crippen LogP contribution in [0.3, 0.4) is 0 Å². The summed E-state index contributed by atoms with van der Waals surface area (Å²) < 4.78 is 6.44. The SMILES string of the molecule is C#CCCOC(=O)Nc1cccc(CON=C(c2ccccc2)c2nnnn2C)n1. The Balaban J connectivity index is 1.68. The third kappa shape index (κ3) is 5.62. The summed E-state index contributed by atoms with van der Waals surface area (Å²) in [4.78, 5) is 21.5. The normalized spacial score (nSPS) is 10.9. The predicted octanol–water partition coefficient (Wildman–Crippen LogP) is 2.15. The molecule has 0 aliphatic carbocycles. The van der Waals surface area contributed by atoms with Gasteiger partial charge in [0.15, 0.2) is 12.3 Å². The van der Waals surface area contributed by atoms with Crippen molar-refractivity contribution < 1.29 is 14.4 Å². The van der Waals surface area contributed by atoms with E-state index in [0.29, 0.717) is 29.5 Å². The van der Waals surface area contributed by atoms with Crippen LogP contribution < -0.4 is 5.32 Å². The van der Waals surface area contributed by atoms with E-state index in [2.05, 4.69) is 36.9 Å². The first-order chi connectivity index (χ1) is 14.7. The van der Waals surface area contributed by atoms with Gasteiger partial charge in [-0.25, -0.2) is 14.5 Å².